The maximum Gasteiger partial charge on any atom is 0.231 e. The molecule has 24 heavy (non-hydrogen) atoms. The van der Waals surface area contributed by atoms with Crippen LogP contribution in [0.4, 0.5) is 5.69 Å². The second kappa shape index (κ2) is 6.95. The van der Waals surface area contributed by atoms with E-state index in [2.05, 4.69) is 13.0 Å². The quantitative estimate of drug-likeness (QED) is 0.864. The van der Waals surface area contributed by atoms with E-state index in [1.165, 1.54) is 5.56 Å². The molecule has 2 aromatic carbocycles. The predicted octanol–water partition coefficient (Wildman–Crippen LogP) is 3.47. The molecule has 2 aromatic rings. The molecule has 3 rings (SSSR count). The van der Waals surface area contributed by atoms with Crippen molar-refractivity contribution >= 4 is 11.6 Å². The Morgan fingerprint density at radius 3 is 2.71 bits per heavy atom. The minimum atomic E-state index is 0.0838. The van der Waals surface area contributed by atoms with Crippen molar-refractivity contribution in [2.45, 2.75) is 19.8 Å². The molecule has 0 spiro atoms. The van der Waals surface area contributed by atoms with Crippen molar-refractivity contribution < 1.29 is 14.3 Å². The minimum Gasteiger partial charge on any atom is -0.497 e. The number of methoxy groups -OCH3 is 2. The smallest absolute Gasteiger partial charge is 0.231 e. The van der Waals surface area contributed by atoms with E-state index in [0.29, 0.717) is 12.3 Å². The molecule has 1 aliphatic heterocycles. The average Bonchev–Trinajstić information content (AvgIpc) is 2.61. The first-order chi connectivity index (χ1) is 11.6. The third-order valence-electron chi connectivity index (χ3n) is 4.48. The number of nitrogens with zero attached hydrogens (tertiary/aromatic N) is 1. The van der Waals surface area contributed by atoms with Crippen molar-refractivity contribution in [1.82, 2.24) is 0 Å². The van der Waals surface area contributed by atoms with Crippen molar-refractivity contribution in [2.75, 3.05) is 25.7 Å². The number of ether oxygens (including phenoxy) is 2. The SMILES string of the molecule is COc1ccc2c(c1)N(C(=O)Cc1ccccc1OC)CC(C)C2. The van der Waals surface area contributed by atoms with Crippen molar-refractivity contribution in [3.05, 3.63) is 53.6 Å². The molecule has 1 aliphatic rings. The molecule has 1 amide bonds. The Morgan fingerprint density at radius 1 is 1.17 bits per heavy atom. The van der Waals surface area contributed by atoms with E-state index in [1.54, 1.807) is 14.2 Å². The lowest BCUT2D eigenvalue weighted by molar-refractivity contribution is -0.118. The van der Waals surface area contributed by atoms with E-state index in [9.17, 15) is 4.79 Å². The van der Waals surface area contributed by atoms with Crippen LogP contribution in [0.5, 0.6) is 11.5 Å². The number of hydrogen-bond acceptors (Lipinski definition) is 3. The van der Waals surface area contributed by atoms with Crippen molar-refractivity contribution in [3.63, 3.8) is 0 Å². The monoisotopic (exact) mass is 325 g/mol. The predicted molar refractivity (Wildman–Crippen MR) is 94.9 cm³/mol. The van der Waals surface area contributed by atoms with Crippen LogP contribution < -0.4 is 14.4 Å². The Bertz CT molecular complexity index is 741. The largest absolute Gasteiger partial charge is 0.497 e. The number of fused-ring (bicyclic) bond motifs is 1. The number of hydrogen-bond donors (Lipinski definition) is 0. The van der Waals surface area contributed by atoms with Gasteiger partial charge in [-0.05, 0) is 30.0 Å². The van der Waals surface area contributed by atoms with Gasteiger partial charge in [0.05, 0.1) is 26.3 Å². The third kappa shape index (κ3) is 3.23. The van der Waals surface area contributed by atoms with Crippen LogP contribution >= 0.6 is 0 Å². The molecule has 4 heteroatoms. The van der Waals surface area contributed by atoms with Gasteiger partial charge in [0, 0.05) is 18.2 Å². The fraction of sp³-hybridized carbons (Fsp3) is 0.350. The summed E-state index contributed by atoms with van der Waals surface area (Å²) in [5, 5.41) is 0. The molecular formula is C20H23NO3. The second-order valence-electron chi connectivity index (χ2n) is 6.30. The van der Waals surface area contributed by atoms with Crippen LogP contribution in [-0.4, -0.2) is 26.7 Å². The summed E-state index contributed by atoms with van der Waals surface area (Å²) in [5.41, 5.74) is 3.07. The van der Waals surface area contributed by atoms with Crippen LogP contribution in [0.3, 0.4) is 0 Å². The summed E-state index contributed by atoms with van der Waals surface area (Å²) in [5.74, 6) is 2.05. The third-order valence-corrected chi connectivity index (χ3v) is 4.48. The van der Waals surface area contributed by atoms with Crippen LogP contribution in [0.1, 0.15) is 18.1 Å². The molecule has 1 heterocycles. The van der Waals surface area contributed by atoms with Gasteiger partial charge in [-0.2, -0.15) is 0 Å². The molecule has 0 saturated heterocycles. The van der Waals surface area contributed by atoms with Crippen LogP contribution in [-0.2, 0) is 17.6 Å². The highest BCUT2D eigenvalue weighted by Crippen LogP contribution is 2.33. The first-order valence-electron chi connectivity index (χ1n) is 8.21. The summed E-state index contributed by atoms with van der Waals surface area (Å²) in [7, 11) is 3.28. The summed E-state index contributed by atoms with van der Waals surface area (Å²) in [6.07, 6.45) is 1.31. The Labute approximate surface area is 143 Å². The topological polar surface area (TPSA) is 38.8 Å². The number of carbonyl (C=O) groups is 1. The zero-order chi connectivity index (χ0) is 17.1. The summed E-state index contributed by atoms with van der Waals surface area (Å²) in [6, 6.07) is 13.7. The molecule has 0 saturated carbocycles. The van der Waals surface area contributed by atoms with Crippen LogP contribution in [0.25, 0.3) is 0 Å². The van der Waals surface area contributed by atoms with E-state index in [1.807, 2.05) is 41.3 Å². The Balaban J connectivity index is 1.90. The highest BCUT2D eigenvalue weighted by molar-refractivity contribution is 5.96. The van der Waals surface area contributed by atoms with Gasteiger partial charge in [0.15, 0.2) is 0 Å². The normalized spacial score (nSPS) is 16.5. The number of benzene rings is 2. The zero-order valence-corrected chi connectivity index (χ0v) is 14.4. The number of carbonyl (C=O) groups excluding carboxylic acids is 1. The Morgan fingerprint density at radius 2 is 1.96 bits per heavy atom. The Hall–Kier alpha value is -2.49. The molecule has 0 fully saturated rings. The number of rotatable bonds is 4. The molecule has 1 unspecified atom stereocenters. The molecule has 0 aliphatic carbocycles. The first-order valence-corrected chi connectivity index (χ1v) is 8.21. The van der Waals surface area contributed by atoms with Gasteiger partial charge >= 0.3 is 0 Å². The van der Waals surface area contributed by atoms with E-state index in [0.717, 1.165) is 35.7 Å². The highest BCUT2D eigenvalue weighted by atomic mass is 16.5. The fourth-order valence-corrected chi connectivity index (χ4v) is 3.29. The lowest BCUT2D eigenvalue weighted by Crippen LogP contribution is -2.40. The first kappa shape index (κ1) is 16.4. The zero-order valence-electron chi connectivity index (χ0n) is 14.4. The molecular weight excluding hydrogens is 302 g/mol. The fourth-order valence-electron chi connectivity index (χ4n) is 3.29. The molecule has 0 radical (unpaired) electrons. The van der Waals surface area contributed by atoms with Crippen LogP contribution in [0.15, 0.2) is 42.5 Å². The van der Waals surface area contributed by atoms with Gasteiger partial charge in [-0.15, -0.1) is 0 Å². The lowest BCUT2D eigenvalue weighted by Gasteiger charge is -2.33. The number of anilines is 1. The van der Waals surface area contributed by atoms with E-state index >= 15 is 0 Å². The van der Waals surface area contributed by atoms with E-state index < -0.39 is 0 Å². The molecule has 0 aromatic heterocycles. The number of amides is 1. The average molecular weight is 325 g/mol. The number of para-hydroxylation sites is 1. The van der Waals surface area contributed by atoms with Crippen LogP contribution in [0.2, 0.25) is 0 Å². The minimum absolute atomic E-state index is 0.0838. The maximum atomic E-state index is 13.0. The van der Waals surface area contributed by atoms with Gasteiger partial charge in [-0.1, -0.05) is 31.2 Å². The molecule has 0 N–H and O–H groups in total. The van der Waals surface area contributed by atoms with Gasteiger partial charge in [-0.25, -0.2) is 0 Å². The molecule has 1 atom stereocenters. The molecule has 4 nitrogen and oxygen atoms in total. The highest BCUT2D eigenvalue weighted by Gasteiger charge is 2.27. The van der Waals surface area contributed by atoms with Crippen molar-refractivity contribution in [2.24, 2.45) is 5.92 Å². The second-order valence-corrected chi connectivity index (χ2v) is 6.30. The molecule has 126 valence electrons. The van der Waals surface area contributed by atoms with Gasteiger partial charge in [0.2, 0.25) is 5.91 Å². The van der Waals surface area contributed by atoms with Crippen molar-refractivity contribution in [3.8, 4) is 11.5 Å². The van der Waals surface area contributed by atoms with Gasteiger partial charge in [-0.3, -0.25) is 4.79 Å². The van der Waals surface area contributed by atoms with E-state index in [4.69, 9.17) is 9.47 Å². The van der Waals surface area contributed by atoms with Crippen molar-refractivity contribution in [1.29, 1.82) is 0 Å². The van der Waals surface area contributed by atoms with E-state index in [-0.39, 0.29) is 5.91 Å². The standard InChI is InChI=1S/C20H23NO3/c1-14-10-15-8-9-17(23-2)12-18(15)21(13-14)20(22)11-16-6-4-5-7-19(16)24-3/h4-9,12,14H,10-11,13H2,1-3H3. The summed E-state index contributed by atoms with van der Waals surface area (Å²) in [4.78, 5) is 14.9. The molecule has 0 bridgehead atoms. The van der Waals surface area contributed by atoms with Crippen LogP contribution in [0, 0.1) is 5.92 Å². The summed E-state index contributed by atoms with van der Waals surface area (Å²) < 4.78 is 10.7. The summed E-state index contributed by atoms with van der Waals surface area (Å²) in [6.45, 7) is 2.91. The lowest BCUT2D eigenvalue weighted by atomic mass is 9.93. The van der Waals surface area contributed by atoms with Gasteiger partial charge < -0.3 is 14.4 Å². The summed E-state index contributed by atoms with van der Waals surface area (Å²) >= 11 is 0. The maximum absolute atomic E-state index is 13.0. The van der Waals surface area contributed by atoms with Gasteiger partial charge in [0.25, 0.3) is 0 Å². The Kier molecular flexibility index (Phi) is 4.74. The van der Waals surface area contributed by atoms with Gasteiger partial charge in [0.1, 0.15) is 11.5 Å².